The number of carbonyl (C=O) groups is 1. The Balaban J connectivity index is 1.70. The van der Waals surface area contributed by atoms with Crippen LogP contribution in [0.25, 0.3) is 0 Å². The Morgan fingerprint density at radius 1 is 1.29 bits per heavy atom. The number of likely N-dealkylation sites (tertiary alicyclic amines) is 1. The van der Waals surface area contributed by atoms with Gasteiger partial charge in [0.15, 0.2) is 0 Å². The van der Waals surface area contributed by atoms with E-state index >= 15 is 0 Å². The molecule has 0 bridgehead atoms. The van der Waals surface area contributed by atoms with Gasteiger partial charge in [0.2, 0.25) is 0 Å². The van der Waals surface area contributed by atoms with Crippen molar-refractivity contribution >= 4 is 17.2 Å². The van der Waals surface area contributed by atoms with Gasteiger partial charge in [0.1, 0.15) is 10.6 Å². The number of carbonyl (C=O) groups excluding carboxylic acids is 1. The number of phenols is 1. The van der Waals surface area contributed by atoms with E-state index in [2.05, 4.69) is 9.88 Å². The summed E-state index contributed by atoms with van der Waals surface area (Å²) < 4.78 is 0. The van der Waals surface area contributed by atoms with Crippen LogP contribution in [0.3, 0.4) is 0 Å². The molecule has 0 spiro atoms. The zero-order valence-corrected chi connectivity index (χ0v) is 15.1. The van der Waals surface area contributed by atoms with Crippen molar-refractivity contribution in [1.82, 2.24) is 9.88 Å². The predicted molar refractivity (Wildman–Crippen MR) is 96.7 cm³/mol. The average Bonchev–Trinajstić information content (AvgIpc) is 2.92. The van der Waals surface area contributed by atoms with Gasteiger partial charge in [-0.15, -0.1) is 11.3 Å². The Kier molecular flexibility index (Phi) is 5.19. The molecule has 0 radical (unpaired) electrons. The number of amides is 1. The molecule has 1 aromatic heterocycles. The normalized spacial score (nSPS) is 17.9. The highest BCUT2D eigenvalue weighted by Crippen LogP contribution is 2.27. The number of hydrogen-bond donors (Lipinski definition) is 1. The molecule has 4 nitrogen and oxygen atoms in total. The molecule has 2 aromatic rings. The minimum Gasteiger partial charge on any atom is -0.508 e. The van der Waals surface area contributed by atoms with Gasteiger partial charge in [-0.25, -0.2) is 4.98 Å². The summed E-state index contributed by atoms with van der Waals surface area (Å²) >= 11 is 1.50. The highest BCUT2D eigenvalue weighted by Gasteiger charge is 2.29. The third-order valence-electron chi connectivity index (χ3n) is 4.69. The van der Waals surface area contributed by atoms with Crippen molar-refractivity contribution in [3.8, 4) is 5.75 Å². The van der Waals surface area contributed by atoms with E-state index in [9.17, 15) is 9.90 Å². The lowest BCUT2D eigenvalue weighted by Gasteiger charge is -2.35. The summed E-state index contributed by atoms with van der Waals surface area (Å²) in [6.07, 6.45) is 5.23. The van der Waals surface area contributed by atoms with E-state index in [4.69, 9.17) is 0 Å². The molecule has 2 heterocycles. The third kappa shape index (κ3) is 3.78. The number of thiazole rings is 1. The van der Waals surface area contributed by atoms with Crippen molar-refractivity contribution in [3.63, 3.8) is 0 Å². The van der Waals surface area contributed by atoms with Gasteiger partial charge in [0.05, 0.1) is 10.7 Å². The molecular formula is C19H24N2O2S. The first-order valence-electron chi connectivity index (χ1n) is 8.57. The van der Waals surface area contributed by atoms with Gasteiger partial charge >= 0.3 is 0 Å². The molecule has 1 aliphatic rings. The van der Waals surface area contributed by atoms with Crippen molar-refractivity contribution in [3.05, 3.63) is 45.4 Å². The second-order valence-corrected chi connectivity index (χ2v) is 7.70. The fourth-order valence-electron chi connectivity index (χ4n) is 3.42. The summed E-state index contributed by atoms with van der Waals surface area (Å²) in [4.78, 5) is 20.2. The first kappa shape index (κ1) is 17.0. The Morgan fingerprint density at radius 3 is 2.71 bits per heavy atom. The first-order chi connectivity index (χ1) is 11.5. The molecule has 1 atom stereocenters. The van der Waals surface area contributed by atoms with Crippen molar-refractivity contribution < 1.29 is 9.90 Å². The van der Waals surface area contributed by atoms with Crippen LogP contribution in [-0.4, -0.2) is 33.5 Å². The van der Waals surface area contributed by atoms with Gasteiger partial charge in [0, 0.05) is 12.6 Å². The van der Waals surface area contributed by atoms with Crippen molar-refractivity contribution in [2.24, 2.45) is 0 Å². The van der Waals surface area contributed by atoms with Crippen molar-refractivity contribution in [2.75, 3.05) is 6.54 Å². The van der Waals surface area contributed by atoms with E-state index in [1.54, 1.807) is 12.1 Å². The summed E-state index contributed by atoms with van der Waals surface area (Å²) in [6, 6.07) is 7.66. The summed E-state index contributed by atoms with van der Waals surface area (Å²) in [6.45, 7) is 4.72. The van der Waals surface area contributed by atoms with E-state index in [0.29, 0.717) is 11.8 Å². The van der Waals surface area contributed by atoms with Crippen LogP contribution >= 0.6 is 11.3 Å². The van der Waals surface area contributed by atoms with Crippen LogP contribution in [0.4, 0.5) is 0 Å². The molecule has 1 aliphatic heterocycles. The summed E-state index contributed by atoms with van der Waals surface area (Å²) in [5.41, 5.74) is 2.06. The fourth-order valence-corrected chi connectivity index (χ4v) is 4.30. The molecule has 1 fully saturated rings. The number of phenolic OH excluding ortho intramolecular Hbond substituents is 1. The summed E-state index contributed by atoms with van der Waals surface area (Å²) in [5, 5.41) is 10.3. The number of rotatable bonds is 4. The van der Waals surface area contributed by atoms with E-state index in [-0.39, 0.29) is 5.91 Å². The maximum absolute atomic E-state index is 13.0. The lowest BCUT2D eigenvalue weighted by atomic mass is 9.95. The van der Waals surface area contributed by atoms with Crippen LogP contribution < -0.4 is 0 Å². The second-order valence-electron chi connectivity index (χ2n) is 6.50. The number of hydrogen-bond acceptors (Lipinski definition) is 4. The second kappa shape index (κ2) is 7.34. The van der Waals surface area contributed by atoms with Gasteiger partial charge in [-0.3, -0.25) is 4.79 Å². The van der Waals surface area contributed by atoms with Gasteiger partial charge in [-0.05, 0) is 63.6 Å². The average molecular weight is 344 g/mol. The number of nitrogens with zero attached hydrogens (tertiary/aromatic N) is 2. The van der Waals surface area contributed by atoms with Crippen LogP contribution in [0, 0.1) is 13.8 Å². The maximum atomic E-state index is 13.0. The van der Waals surface area contributed by atoms with Crippen LogP contribution in [0.15, 0.2) is 24.3 Å². The minimum atomic E-state index is 0.147. The molecule has 128 valence electrons. The predicted octanol–water partition coefficient (Wildman–Crippen LogP) is 4.09. The molecule has 3 rings (SSSR count). The van der Waals surface area contributed by atoms with Crippen LogP contribution in [0.1, 0.15) is 51.6 Å². The summed E-state index contributed by atoms with van der Waals surface area (Å²) in [7, 11) is 0. The van der Waals surface area contributed by atoms with Gasteiger partial charge in [-0.2, -0.15) is 0 Å². The Labute approximate surface area is 147 Å². The Hall–Kier alpha value is -1.88. The maximum Gasteiger partial charge on any atom is 0.266 e. The van der Waals surface area contributed by atoms with Crippen LogP contribution in [-0.2, 0) is 6.42 Å². The molecule has 0 aliphatic carbocycles. The molecule has 1 aromatic carbocycles. The molecule has 0 unspecified atom stereocenters. The van der Waals surface area contributed by atoms with E-state index in [1.807, 2.05) is 26.0 Å². The quantitative estimate of drug-likeness (QED) is 0.909. The highest BCUT2D eigenvalue weighted by molar-refractivity contribution is 7.13. The molecule has 24 heavy (non-hydrogen) atoms. The number of benzene rings is 1. The molecule has 5 heteroatoms. The van der Waals surface area contributed by atoms with Gasteiger partial charge in [0.25, 0.3) is 5.91 Å². The highest BCUT2D eigenvalue weighted by atomic mass is 32.1. The fraction of sp³-hybridized carbons (Fsp3) is 0.474. The standard InChI is InChI=1S/C19H24N2O2S/c1-13-18(24-14(2)20-13)19(23)21-12-4-3-5-16(21)9-6-15-7-10-17(22)11-8-15/h7-8,10-11,16,22H,3-6,9,12H2,1-2H3/t16-/m1/s1. The van der Waals surface area contributed by atoms with E-state index in [0.717, 1.165) is 47.8 Å². The molecule has 1 N–H and O–H groups in total. The van der Waals surface area contributed by atoms with Gasteiger partial charge in [-0.1, -0.05) is 12.1 Å². The third-order valence-corrected chi connectivity index (χ3v) is 5.75. The van der Waals surface area contributed by atoms with Gasteiger partial charge < -0.3 is 10.0 Å². The number of aryl methyl sites for hydroxylation is 3. The van der Waals surface area contributed by atoms with Crippen LogP contribution in [0.2, 0.25) is 0 Å². The van der Waals surface area contributed by atoms with E-state index in [1.165, 1.54) is 23.3 Å². The lowest BCUT2D eigenvalue weighted by molar-refractivity contribution is 0.0606. The summed E-state index contributed by atoms with van der Waals surface area (Å²) in [5.74, 6) is 0.442. The van der Waals surface area contributed by atoms with E-state index < -0.39 is 0 Å². The van der Waals surface area contributed by atoms with Crippen molar-refractivity contribution in [1.29, 1.82) is 0 Å². The van der Waals surface area contributed by atoms with Crippen molar-refractivity contribution in [2.45, 2.75) is 52.0 Å². The topological polar surface area (TPSA) is 53.4 Å². The molecule has 1 saturated heterocycles. The zero-order chi connectivity index (χ0) is 17.1. The number of piperidine rings is 1. The first-order valence-corrected chi connectivity index (χ1v) is 9.39. The molecular weight excluding hydrogens is 320 g/mol. The lowest BCUT2D eigenvalue weighted by Crippen LogP contribution is -2.43. The van der Waals surface area contributed by atoms with Crippen LogP contribution in [0.5, 0.6) is 5.75 Å². The molecule has 1 amide bonds. The zero-order valence-electron chi connectivity index (χ0n) is 14.3. The largest absolute Gasteiger partial charge is 0.508 e. The monoisotopic (exact) mass is 344 g/mol. The minimum absolute atomic E-state index is 0.147. The Morgan fingerprint density at radius 2 is 2.04 bits per heavy atom. The Bertz CT molecular complexity index is 709. The molecule has 0 saturated carbocycles. The smallest absolute Gasteiger partial charge is 0.266 e. The number of aromatic nitrogens is 1. The number of aromatic hydroxyl groups is 1. The SMILES string of the molecule is Cc1nc(C)c(C(=O)N2CCCC[C@@H]2CCc2ccc(O)cc2)s1.